The third-order valence-corrected chi connectivity index (χ3v) is 3.83. The predicted octanol–water partition coefficient (Wildman–Crippen LogP) is 2.40. The second-order valence-electron chi connectivity index (χ2n) is 6.53. The summed E-state index contributed by atoms with van der Waals surface area (Å²) in [6, 6.07) is 0. The number of rotatable bonds is 1. The van der Waals surface area contributed by atoms with E-state index in [2.05, 4.69) is 0 Å². The summed E-state index contributed by atoms with van der Waals surface area (Å²) in [4.78, 5) is 23.6. The lowest BCUT2D eigenvalue weighted by Gasteiger charge is -2.46. The van der Waals surface area contributed by atoms with Gasteiger partial charge in [-0.1, -0.05) is 0 Å². The maximum atomic E-state index is 13.2. The Morgan fingerprint density at radius 3 is 2.05 bits per heavy atom. The number of ether oxygens (including phenoxy) is 1. The molecule has 1 aliphatic carbocycles. The van der Waals surface area contributed by atoms with Crippen LogP contribution in [-0.4, -0.2) is 45.9 Å². The van der Waals surface area contributed by atoms with Crippen molar-refractivity contribution in [3.63, 3.8) is 0 Å². The summed E-state index contributed by atoms with van der Waals surface area (Å²) < 4.78 is 44.6. The van der Waals surface area contributed by atoms with E-state index in [9.17, 15) is 22.8 Å². The van der Waals surface area contributed by atoms with E-state index in [1.54, 1.807) is 20.8 Å². The molecule has 5 nitrogen and oxygen atoms in total. The Balaban J connectivity index is 2.29. The summed E-state index contributed by atoms with van der Waals surface area (Å²) >= 11 is 0. The first-order chi connectivity index (χ1) is 8.83. The zero-order valence-corrected chi connectivity index (χ0v) is 11.4. The van der Waals surface area contributed by atoms with Crippen molar-refractivity contribution in [2.45, 2.75) is 50.9 Å². The van der Waals surface area contributed by atoms with Gasteiger partial charge in [-0.05, 0) is 33.6 Å². The number of amides is 1. The molecule has 1 N–H and O–H groups in total. The molecule has 0 spiro atoms. The van der Waals surface area contributed by atoms with E-state index in [0.29, 0.717) is 4.90 Å². The zero-order valence-electron chi connectivity index (χ0n) is 11.4. The van der Waals surface area contributed by atoms with Crippen LogP contribution in [0.3, 0.4) is 0 Å². The summed E-state index contributed by atoms with van der Waals surface area (Å²) in [6.07, 6.45) is -6.98. The SMILES string of the molecule is CC(C)(C)OC(=O)N1CC2(C(=O)O)CC1(C(F)(F)F)C2. The van der Waals surface area contributed by atoms with Crippen molar-refractivity contribution in [1.29, 1.82) is 0 Å². The van der Waals surface area contributed by atoms with Gasteiger partial charge in [0.15, 0.2) is 0 Å². The summed E-state index contributed by atoms with van der Waals surface area (Å²) in [7, 11) is 0. The molecule has 0 radical (unpaired) electrons. The Hall–Kier alpha value is -1.47. The Labute approximate surface area is 113 Å². The van der Waals surface area contributed by atoms with Gasteiger partial charge < -0.3 is 9.84 Å². The zero-order chi connectivity index (χ0) is 15.6. The highest BCUT2D eigenvalue weighted by Gasteiger charge is 2.80. The fourth-order valence-corrected chi connectivity index (χ4v) is 2.95. The van der Waals surface area contributed by atoms with Crippen molar-refractivity contribution < 1.29 is 32.6 Å². The van der Waals surface area contributed by atoms with Crippen molar-refractivity contribution >= 4 is 12.1 Å². The Kier molecular flexibility index (Phi) is 2.83. The molecule has 3 fully saturated rings. The van der Waals surface area contributed by atoms with Gasteiger partial charge >= 0.3 is 18.2 Å². The molecule has 0 unspecified atom stereocenters. The van der Waals surface area contributed by atoms with Crippen LogP contribution < -0.4 is 0 Å². The van der Waals surface area contributed by atoms with Crippen LogP contribution in [0, 0.1) is 5.41 Å². The van der Waals surface area contributed by atoms with Gasteiger partial charge in [-0.15, -0.1) is 0 Å². The van der Waals surface area contributed by atoms with Gasteiger partial charge in [0.1, 0.15) is 11.1 Å². The Morgan fingerprint density at radius 2 is 1.70 bits per heavy atom. The number of aliphatic carboxylic acids is 1. The second-order valence-corrected chi connectivity index (χ2v) is 6.53. The minimum atomic E-state index is -4.67. The second kappa shape index (κ2) is 3.79. The minimum absolute atomic E-state index is 0.462. The van der Waals surface area contributed by atoms with E-state index in [-0.39, 0.29) is 0 Å². The van der Waals surface area contributed by atoms with Gasteiger partial charge in [-0.2, -0.15) is 13.2 Å². The molecule has 2 bridgehead atoms. The van der Waals surface area contributed by atoms with Crippen molar-refractivity contribution in [2.24, 2.45) is 5.41 Å². The lowest BCUT2D eigenvalue weighted by Crippen LogP contribution is -2.62. The molecule has 1 amide bonds. The fourth-order valence-electron chi connectivity index (χ4n) is 2.95. The maximum Gasteiger partial charge on any atom is 0.411 e. The van der Waals surface area contributed by atoms with Crippen molar-refractivity contribution in [2.75, 3.05) is 6.54 Å². The minimum Gasteiger partial charge on any atom is -0.481 e. The van der Waals surface area contributed by atoms with Crippen molar-refractivity contribution in [3.05, 3.63) is 0 Å². The summed E-state index contributed by atoms with van der Waals surface area (Å²) in [5, 5.41) is 9.08. The predicted molar refractivity (Wildman–Crippen MR) is 61.0 cm³/mol. The van der Waals surface area contributed by atoms with Gasteiger partial charge in [0.2, 0.25) is 0 Å². The van der Waals surface area contributed by atoms with Gasteiger partial charge in [0.25, 0.3) is 0 Å². The van der Waals surface area contributed by atoms with Crippen LogP contribution >= 0.6 is 0 Å². The van der Waals surface area contributed by atoms with E-state index in [1.165, 1.54) is 0 Å². The van der Waals surface area contributed by atoms with E-state index in [4.69, 9.17) is 9.84 Å². The quantitative estimate of drug-likeness (QED) is 0.806. The fraction of sp³-hybridized carbons (Fsp3) is 0.833. The van der Waals surface area contributed by atoms with Crippen LogP contribution in [0.4, 0.5) is 18.0 Å². The van der Waals surface area contributed by atoms with Gasteiger partial charge in [0, 0.05) is 6.54 Å². The number of carbonyl (C=O) groups excluding carboxylic acids is 1. The molecule has 2 saturated heterocycles. The van der Waals surface area contributed by atoms with Crippen LogP contribution in [0.2, 0.25) is 0 Å². The van der Waals surface area contributed by atoms with E-state index in [0.717, 1.165) is 0 Å². The highest BCUT2D eigenvalue weighted by Crippen LogP contribution is 2.65. The molecule has 114 valence electrons. The molecule has 20 heavy (non-hydrogen) atoms. The number of hydrogen-bond acceptors (Lipinski definition) is 3. The standard InChI is InChI=1S/C12H16F3NO4/c1-9(2,3)20-8(19)16-6-10(7(17)18)4-11(16,5-10)12(13,14)15/h4-6H2,1-3H3,(H,17,18). The number of halogens is 3. The number of fused-ring (bicyclic) bond motifs is 1. The third-order valence-electron chi connectivity index (χ3n) is 3.83. The van der Waals surface area contributed by atoms with E-state index < -0.39 is 54.2 Å². The lowest BCUT2D eigenvalue weighted by molar-refractivity contribution is -0.242. The highest BCUT2D eigenvalue weighted by atomic mass is 19.4. The van der Waals surface area contributed by atoms with Crippen molar-refractivity contribution in [1.82, 2.24) is 4.90 Å². The molecule has 0 aromatic rings. The van der Waals surface area contributed by atoms with Crippen LogP contribution in [0.15, 0.2) is 0 Å². The highest BCUT2D eigenvalue weighted by molar-refractivity contribution is 5.82. The average molecular weight is 295 g/mol. The maximum absolute atomic E-state index is 13.2. The molecular formula is C12H16F3NO4. The molecule has 0 aromatic heterocycles. The van der Waals surface area contributed by atoms with E-state index >= 15 is 0 Å². The van der Waals surface area contributed by atoms with Crippen LogP contribution in [0.1, 0.15) is 33.6 Å². The molecule has 1 saturated carbocycles. The summed E-state index contributed by atoms with van der Waals surface area (Å²) in [5.74, 6) is -1.30. The molecular weight excluding hydrogens is 279 g/mol. The smallest absolute Gasteiger partial charge is 0.411 e. The Bertz CT molecular complexity index is 460. The largest absolute Gasteiger partial charge is 0.481 e. The first-order valence-corrected chi connectivity index (χ1v) is 6.14. The lowest BCUT2D eigenvalue weighted by atomic mass is 9.61. The molecule has 3 aliphatic rings. The number of hydrogen-bond donors (Lipinski definition) is 1. The molecule has 2 aliphatic heterocycles. The van der Waals surface area contributed by atoms with Gasteiger partial charge in [0.05, 0.1) is 5.41 Å². The molecule has 2 heterocycles. The number of alkyl halides is 3. The van der Waals surface area contributed by atoms with Crippen LogP contribution in [0.25, 0.3) is 0 Å². The molecule has 0 aromatic carbocycles. The monoisotopic (exact) mass is 295 g/mol. The number of carbonyl (C=O) groups is 2. The molecule has 8 heteroatoms. The molecule has 0 atom stereocenters. The van der Waals surface area contributed by atoms with Crippen LogP contribution in [-0.2, 0) is 9.53 Å². The first-order valence-electron chi connectivity index (χ1n) is 6.14. The van der Waals surface area contributed by atoms with Gasteiger partial charge in [-0.3, -0.25) is 9.69 Å². The molecule has 3 rings (SSSR count). The van der Waals surface area contributed by atoms with Gasteiger partial charge in [-0.25, -0.2) is 4.79 Å². The first kappa shape index (κ1) is 14.9. The average Bonchev–Trinajstić information content (AvgIpc) is 2.63. The Morgan fingerprint density at radius 1 is 1.20 bits per heavy atom. The summed E-state index contributed by atoms with van der Waals surface area (Å²) in [6.45, 7) is 4.16. The number of nitrogens with zero attached hydrogens (tertiary/aromatic N) is 1. The third kappa shape index (κ3) is 1.92. The van der Waals surface area contributed by atoms with Crippen LogP contribution in [0.5, 0.6) is 0 Å². The van der Waals surface area contributed by atoms with E-state index in [1.807, 2.05) is 0 Å². The topological polar surface area (TPSA) is 66.8 Å². The number of carboxylic acid groups (broad SMARTS) is 1. The number of carboxylic acids is 1. The normalized spacial score (nSPS) is 32.8. The summed E-state index contributed by atoms with van der Waals surface area (Å²) in [5.41, 5.74) is -4.83. The van der Waals surface area contributed by atoms with Crippen molar-refractivity contribution in [3.8, 4) is 0 Å².